The number of halogens is 1. The molecular formula is C31H36ClNO6. The highest BCUT2D eigenvalue weighted by Crippen LogP contribution is 2.28. The first-order valence-electron chi connectivity index (χ1n) is 12.9. The van der Waals surface area contributed by atoms with Gasteiger partial charge >= 0.3 is 5.97 Å². The van der Waals surface area contributed by atoms with Gasteiger partial charge in [0.25, 0.3) is 0 Å². The Morgan fingerprint density at radius 3 is 2.31 bits per heavy atom. The Kier molecular flexibility index (Phi) is 11.4. The number of esters is 1. The second-order valence-electron chi connectivity index (χ2n) is 9.36. The van der Waals surface area contributed by atoms with E-state index in [9.17, 15) is 15.0 Å². The molecule has 4 aromatic rings. The summed E-state index contributed by atoms with van der Waals surface area (Å²) in [5, 5.41) is 24.3. The van der Waals surface area contributed by atoms with E-state index in [0.717, 1.165) is 21.9 Å². The zero-order valence-corrected chi connectivity index (χ0v) is 23.0. The standard InChI is InChI=1S/C31H35NO6.ClH/c1-3-36-30(35)21-37-26-15-13-24(14-16-26)17-22(2)32(29(34)18-23-9-5-4-6-10-23)19-28(33)31-27-12-8-7-11-25(27)20-38-31;/h4-16,20,22,28-29,33-34H,3,17-19,21H2,1-2H3;1H/t22-,28?,29-;/m1./s1. The van der Waals surface area contributed by atoms with Crippen LogP contribution in [0, 0.1) is 0 Å². The molecule has 7 nitrogen and oxygen atoms in total. The molecule has 4 rings (SSSR count). The quantitative estimate of drug-likeness (QED) is 0.171. The Hall–Kier alpha value is -3.36. The van der Waals surface area contributed by atoms with Crippen LogP contribution in [-0.2, 0) is 22.4 Å². The fraction of sp³-hybridized carbons (Fsp3) is 0.323. The summed E-state index contributed by atoms with van der Waals surface area (Å²) in [4.78, 5) is 13.5. The molecule has 0 amide bonds. The zero-order chi connectivity index (χ0) is 26.9. The fourth-order valence-corrected chi connectivity index (χ4v) is 4.62. The molecule has 0 saturated heterocycles. The van der Waals surface area contributed by atoms with Gasteiger partial charge in [-0.1, -0.05) is 66.7 Å². The van der Waals surface area contributed by atoms with Gasteiger partial charge in [0, 0.05) is 29.8 Å². The van der Waals surface area contributed by atoms with Gasteiger partial charge in [0.2, 0.25) is 0 Å². The van der Waals surface area contributed by atoms with E-state index in [4.69, 9.17) is 13.9 Å². The summed E-state index contributed by atoms with van der Waals surface area (Å²) in [5.41, 5.74) is 2.05. The topological polar surface area (TPSA) is 92.4 Å². The molecule has 1 aromatic heterocycles. The molecule has 0 saturated carbocycles. The average Bonchev–Trinajstić information content (AvgIpc) is 3.36. The summed E-state index contributed by atoms with van der Waals surface area (Å²) in [5.74, 6) is 0.666. The van der Waals surface area contributed by atoms with Gasteiger partial charge < -0.3 is 24.1 Å². The Bertz CT molecular complexity index is 1290. The van der Waals surface area contributed by atoms with Crippen LogP contribution in [0.2, 0.25) is 0 Å². The van der Waals surface area contributed by atoms with E-state index in [-0.39, 0.29) is 31.6 Å². The lowest BCUT2D eigenvalue weighted by Gasteiger charge is -2.35. The van der Waals surface area contributed by atoms with Crippen LogP contribution >= 0.6 is 12.4 Å². The predicted molar refractivity (Wildman–Crippen MR) is 153 cm³/mol. The maximum absolute atomic E-state index is 11.5. The van der Waals surface area contributed by atoms with Crippen LogP contribution in [0.1, 0.15) is 36.8 Å². The molecule has 0 fully saturated rings. The lowest BCUT2D eigenvalue weighted by molar-refractivity contribution is -0.145. The third-order valence-corrected chi connectivity index (χ3v) is 6.55. The first-order valence-corrected chi connectivity index (χ1v) is 12.9. The van der Waals surface area contributed by atoms with Crippen molar-refractivity contribution in [3.05, 3.63) is 102 Å². The van der Waals surface area contributed by atoms with Crippen molar-refractivity contribution in [3.63, 3.8) is 0 Å². The zero-order valence-electron chi connectivity index (χ0n) is 22.2. The Labute approximate surface area is 235 Å². The summed E-state index contributed by atoms with van der Waals surface area (Å²) < 4.78 is 16.1. The van der Waals surface area contributed by atoms with Gasteiger partial charge in [-0.2, -0.15) is 0 Å². The van der Waals surface area contributed by atoms with E-state index in [1.807, 2.05) is 90.7 Å². The van der Waals surface area contributed by atoms with Crippen LogP contribution in [0.15, 0.2) is 89.5 Å². The average molecular weight is 554 g/mol. The fourth-order valence-electron chi connectivity index (χ4n) is 4.62. The minimum atomic E-state index is -0.915. The number of nitrogens with zero attached hydrogens (tertiary/aromatic N) is 1. The van der Waals surface area contributed by atoms with Gasteiger partial charge in [0.05, 0.1) is 12.9 Å². The van der Waals surface area contributed by atoms with Gasteiger partial charge in [-0.15, -0.1) is 12.4 Å². The number of carbonyl (C=O) groups excluding carboxylic acids is 1. The molecule has 39 heavy (non-hydrogen) atoms. The lowest BCUT2D eigenvalue weighted by Crippen LogP contribution is -2.46. The summed E-state index contributed by atoms with van der Waals surface area (Å²) in [6, 6.07) is 24.9. The largest absolute Gasteiger partial charge is 0.482 e. The number of benzene rings is 3. The molecule has 8 heteroatoms. The van der Waals surface area contributed by atoms with Crippen molar-refractivity contribution in [3.8, 4) is 5.75 Å². The Morgan fingerprint density at radius 2 is 1.59 bits per heavy atom. The molecule has 3 aromatic carbocycles. The third kappa shape index (κ3) is 8.31. The monoisotopic (exact) mass is 553 g/mol. The highest BCUT2D eigenvalue weighted by atomic mass is 35.5. The number of hydrogen-bond acceptors (Lipinski definition) is 7. The maximum Gasteiger partial charge on any atom is 0.344 e. The van der Waals surface area contributed by atoms with Crippen molar-refractivity contribution >= 4 is 29.1 Å². The third-order valence-electron chi connectivity index (χ3n) is 6.55. The smallest absolute Gasteiger partial charge is 0.344 e. The number of aliphatic hydroxyl groups excluding tert-OH is 2. The summed E-state index contributed by atoms with van der Waals surface area (Å²) in [6.45, 7) is 4.17. The molecule has 208 valence electrons. The molecule has 0 bridgehead atoms. The van der Waals surface area contributed by atoms with Gasteiger partial charge in [0.15, 0.2) is 6.61 Å². The second kappa shape index (κ2) is 14.7. The van der Waals surface area contributed by atoms with Crippen LogP contribution in [0.25, 0.3) is 10.8 Å². The summed E-state index contributed by atoms with van der Waals surface area (Å²) >= 11 is 0. The number of hydrogen-bond donors (Lipinski definition) is 2. The SMILES string of the molecule is CCOC(=O)COc1ccc(C[C@@H](C)N(CC(O)c2occ3ccccc23)[C@H](O)Cc2ccccc2)cc1.Cl. The minimum Gasteiger partial charge on any atom is -0.482 e. The normalized spacial score (nSPS) is 13.5. The summed E-state index contributed by atoms with van der Waals surface area (Å²) in [6.07, 6.45) is 0.984. The molecular weight excluding hydrogens is 518 g/mol. The Balaban J connectivity index is 0.00000420. The second-order valence-corrected chi connectivity index (χ2v) is 9.36. The number of ether oxygens (including phenoxy) is 2. The van der Waals surface area contributed by atoms with Crippen LogP contribution < -0.4 is 4.74 Å². The number of furan rings is 1. The molecule has 1 unspecified atom stereocenters. The van der Waals surface area contributed by atoms with Gasteiger partial charge in [-0.05, 0) is 43.5 Å². The van der Waals surface area contributed by atoms with Crippen LogP contribution in [0.5, 0.6) is 5.75 Å². The van der Waals surface area contributed by atoms with E-state index >= 15 is 0 Å². The van der Waals surface area contributed by atoms with Gasteiger partial charge in [-0.3, -0.25) is 4.90 Å². The predicted octanol–water partition coefficient (Wildman–Crippen LogP) is 5.32. The van der Waals surface area contributed by atoms with Gasteiger partial charge in [-0.25, -0.2) is 4.79 Å². The Morgan fingerprint density at radius 1 is 0.923 bits per heavy atom. The number of fused-ring (bicyclic) bond motifs is 1. The van der Waals surface area contributed by atoms with E-state index < -0.39 is 18.3 Å². The molecule has 1 heterocycles. The van der Waals surface area contributed by atoms with E-state index in [2.05, 4.69) is 0 Å². The molecule has 0 aliphatic heterocycles. The van der Waals surface area contributed by atoms with Crippen molar-refractivity contribution < 1.29 is 28.9 Å². The van der Waals surface area contributed by atoms with Crippen LogP contribution in [-0.4, -0.2) is 53.1 Å². The van der Waals surface area contributed by atoms with Crippen molar-refractivity contribution in [1.29, 1.82) is 0 Å². The molecule has 0 spiro atoms. The molecule has 0 aliphatic carbocycles. The number of carbonyl (C=O) groups is 1. The molecule has 3 atom stereocenters. The number of aliphatic hydroxyl groups is 2. The van der Waals surface area contributed by atoms with E-state index in [1.165, 1.54) is 0 Å². The van der Waals surface area contributed by atoms with E-state index in [0.29, 0.717) is 31.0 Å². The summed E-state index contributed by atoms with van der Waals surface area (Å²) in [7, 11) is 0. The maximum atomic E-state index is 11.5. The lowest BCUT2D eigenvalue weighted by atomic mass is 10.0. The minimum absolute atomic E-state index is 0. The first-order chi connectivity index (χ1) is 18.4. The highest BCUT2D eigenvalue weighted by Gasteiger charge is 2.27. The van der Waals surface area contributed by atoms with Gasteiger partial charge in [0.1, 0.15) is 23.8 Å². The number of rotatable bonds is 13. The van der Waals surface area contributed by atoms with Crippen molar-refractivity contribution in [2.75, 3.05) is 19.8 Å². The molecule has 0 aliphatic rings. The molecule has 0 radical (unpaired) electrons. The highest BCUT2D eigenvalue weighted by molar-refractivity contribution is 5.85. The van der Waals surface area contributed by atoms with E-state index in [1.54, 1.807) is 13.2 Å². The van der Waals surface area contributed by atoms with Crippen LogP contribution in [0.3, 0.4) is 0 Å². The van der Waals surface area contributed by atoms with Crippen molar-refractivity contribution in [2.45, 2.75) is 45.1 Å². The first kappa shape index (κ1) is 30.2. The molecule has 2 N–H and O–H groups in total. The van der Waals surface area contributed by atoms with Crippen LogP contribution in [0.4, 0.5) is 0 Å². The van der Waals surface area contributed by atoms with Crippen molar-refractivity contribution in [2.24, 2.45) is 0 Å². The van der Waals surface area contributed by atoms with Crippen molar-refractivity contribution in [1.82, 2.24) is 4.90 Å².